The number of amides is 1. The quantitative estimate of drug-likeness (QED) is 0.780. The zero-order valence-corrected chi connectivity index (χ0v) is 15.3. The first kappa shape index (κ1) is 18.4. The van der Waals surface area contributed by atoms with E-state index < -0.39 is 12.0 Å². The molecule has 8 heteroatoms. The Morgan fingerprint density at radius 3 is 2.96 bits per heavy atom. The Balaban J connectivity index is 1.81. The van der Waals surface area contributed by atoms with E-state index in [2.05, 4.69) is 16.4 Å². The highest BCUT2D eigenvalue weighted by atomic mass is 35.5. The second-order valence-corrected chi connectivity index (χ2v) is 7.41. The number of anilines is 1. The van der Waals surface area contributed by atoms with Crippen LogP contribution in [0.2, 0.25) is 5.02 Å². The highest BCUT2D eigenvalue weighted by Gasteiger charge is 2.33. The summed E-state index contributed by atoms with van der Waals surface area (Å²) in [6.45, 7) is 0.394. The van der Waals surface area contributed by atoms with Gasteiger partial charge in [0, 0.05) is 10.6 Å². The number of carbonyl (C=O) groups is 2. The lowest BCUT2D eigenvalue weighted by Gasteiger charge is -2.28. The van der Waals surface area contributed by atoms with Gasteiger partial charge < -0.3 is 10.1 Å². The molecule has 1 N–H and O–H groups in total. The smallest absolute Gasteiger partial charge is 0.293 e. The first-order valence-electron chi connectivity index (χ1n) is 8.19. The molecule has 0 radical (unpaired) electrons. The van der Waals surface area contributed by atoms with Gasteiger partial charge in [-0.1, -0.05) is 41.5 Å². The molecule has 2 unspecified atom stereocenters. The minimum Gasteiger partial charge on any atom is -0.464 e. The summed E-state index contributed by atoms with van der Waals surface area (Å²) in [4.78, 5) is 28.1. The van der Waals surface area contributed by atoms with Gasteiger partial charge in [-0.2, -0.15) is 5.26 Å². The molecule has 1 amide bonds. The van der Waals surface area contributed by atoms with Crippen LogP contribution in [-0.2, 0) is 14.3 Å². The minimum absolute atomic E-state index is 0.243. The molecule has 1 aliphatic rings. The first-order chi connectivity index (χ1) is 12.6. The Bertz CT molecular complexity index is 862. The molecule has 1 aromatic carbocycles. The summed E-state index contributed by atoms with van der Waals surface area (Å²) in [6, 6.07) is 9.15. The van der Waals surface area contributed by atoms with E-state index in [0.717, 1.165) is 24.2 Å². The highest BCUT2D eigenvalue weighted by molar-refractivity contribution is 7.16. The fraction of sp³-hybridized carbons (Fsp3) is 0.333. The summed E-state index contributed by atoms with van der Waals surface area (Å²) in [7, 11) is 0. The Hall–Kier alpha value is -2.43. The van der Waals surface area contributed by atoms with Crippen molar-refractivity contribution in [1.29, 1.82) is 5.26 Å². The number of nitriles is 1. The summed E-state index contributed by atoms with van der Waals surface area (Å²) in [6.07, 6.45) is 2.75. The molecule has 134 valence electrons. The van der Waals surface area contributed by atoms with Gasteiger partial charge in [0.2, 0.25) is 5.91 Å². The van der Waals surface area contributed by atoms with Crippen LogP contribution >= 0.6 is 22.9 Å². The van der Waals surface area contributed by atoms with E-state index in [1.165, 1.54) is 0 Å². The lowest BCUT2D eigenvalue weighted by molar-refractivity contribution is -0.141. The zero-order valence-electron chi connectivity index (χ0n) is 13.8. The minimum atomic E-state index is -0.413. The number of hydrogen-bond acceptors (Lipinski definition) is 6. The van der Waals surface area contributed by atoms with Gasteiger partial charge in [-0.15, -0.1) is 0 Å². The van der Waals surface area contributed by atoms with Crippen LogP contribution in [0.5, 0.6) is 0 Å². The number of benzene rings is 1. The van der Waals surface area contributed by atoms with Crippen LogP contribution in [0.4, 0.5) is 5.13 Å². The molecule has 1 aromatic heterocycles. The fourth-order valence-corrected chi connectivity index (χ4v) is 4.09. The summed E-state index contributed by atoms with van der Waals surface area (Å²) < 4.78 is 5.06. The summed E-state index contributed by atoms with van der Waals surface area (Å²) in [5, 5.41) is 13.0. The van der Waals surface area contributed by atoms with E-state index in [0.29, 0.717) is 45.6 Å². The lowest BCUT2D eigenvalue weighted by Crippen LogP contribution is -2.36. The third kappa shape index (κ3) is 4.03. The number of nitrogens with zero attached hydrogens (tertiary/aromatic N) is 2. The van der Waals surface area contributed by atoms with Gasteiger partial charge in [0.25, 0.3) is 6.47 Å². The molecule has 2 aromatic rings. The topological polar surface area (TPSA) is 92.1 Å². The van der Waals surface area contributed by atoms with Crippen LogP contribution in [0.3, 0.4) is 0 Å². The molecular formula is C18H16ClN3O3S. The van der Waals surface area contributed by atoms with Gasteiger partial charge in [-0.05, 0) is 31.4 Å². The summed E-state index contributed by atoms with van der Waals surface area (Å²) in [5.41, 5.74) is 1.20. The van der Waals surface area contributed by atoms with Crippen LogP contribution in [0, 0.1) is 17.2 Å². The molecule has 0 saturated heterocycles. The predicted octanol–water partition coefficient (Wildman–Crippen LogP) is 4.01. The maximum atomic E-state index is 12.6. The Morgan fingerprint density at radius 2 is 2.23 bits per heavy atom. The van der Waals surface area contributed by atoms with Crippen LogP contribution in [0.25, 0.3) is 11.3 Å². The molecule has 0 bridgehead atoms. The number of hydrogen-bond donors (Lipinski definition) is 1. The zero-order chi connectivity index (χ0) is 18.5. The van der Waals surface area contributed by atoms with Gasteiger partial charge in [-0.25, -0.2) is 4.98 Å². The van der Waals surface area contributed by atoms with E-state index in [1.54, 1.807) is 18.2 Å². The molecule has 0 aliphatic heterocycles. The maximum absolute atomic E-state index is 12.6. The van der Waals surface area contributed by atoms with E-state index in [1.807, 2.05) is 6.07 Å². The van der Waals surface area contributed by atoms with Gasteiger partial charge in [0.05, 0.1) is 5.92 Å². The van der Waals surface area contributed by atoms with Crippen molar-refractivity contribution in [3.05, 3.63) is 34.2 Å². The number of thiazole rings is 1. The van der Waals surface area contributed by atoms with Crippen LogP contribution in [0.1, 0.15) is 30.6 Å². The Kier molecular flexibility index (Phi) is 5.86. The SMILES string of the molecule is N#Cc1sc(NC(=O)C2CCCCC2OC=O)nc1-c1cccc(Cl)c1. The number of nitrogens with one attached hydrogen (secondary N) is 1. The molecule has 0 spiro atoms. The molecule has 3 rings (SSSR count). The standard InChI is InChI=1S/C18H16ClN3O3S/c19-12-5-3-4-11(8-12)16-15(9-20)26-18(21-16)22-17(24)13-6-1-2-7-14(13)25-10-23/h3-5,8,10,13-14H,1-2,6-7H2,(H,21,22,24). The maximum Gasteiger partial charge on any atom is 0.293 e. The van der Waals surface area contributed by atoms with Gasteiger partial charge >= 0.3 is 0 Å². The Morgan fingerprint density at radius 1 is 1.42 bits per heavy atom. The lowest BCUT2D eigenvalue weighted by atomic mass is 9.86. The second-order valence-electron chi connectivity index (χ2n) is 5.97. The van der Waals surface area contributed by atoms with Crippen molar-refractivity contribution in [3.63, 3.8) is 0 Å². The molecule has 1 saturated carbocycles. The summed E-state index contributed by atoms with van der Waals surface area (Å²) in [5.74, 6) is -0.648. The molecule has 1 aliphatic carbocycles. The third-order valence-electron chi connectivity index (χ3n) is 4.33. The fourth-order valence-electron chi connectivity index (χ4n) is 3.11. The molecule has 1 fully saturated rings. The van der Waals surface area contributed by atoms with Gasteiger partial charge in [0.15, 0.2) is 5.13 Å². The molecular weight excluding hydrogens is 374 g/mol. The molecule has 26 heavy (non-hydrogen) atoms. The number of aromatic nitrogens is 1. The van der Waals surface area contributed by atoms with Crippen molar-refractivity contribution in [2.45, 2.75) is 31.8 Å². The number of carbonyl (C=O) groups excluding carboxylic acids is 2. The molecule has 6 nitrogen and oxygen atoms in total. The summed E-state index contributed by atoms with van der Waals surface area (Å²) >= 11 is 7.12. The predicted molar refractivity (Wildman–Crippen MR) is 98.8 cm³/mol. The van der Waals surface area contributed by atoms with E-state index >= 15 is 0 Å². The largest absolute Gasteiger partial charge is 0.464 e. The first-order valence-corrected chi connectivity index (χ1v) is 9.38. The van der Waals surface area contributed by atoms with Gasteiger partial charge in [0.1, 0.15) is 22.7 Å². The highest BCUT2D eigenvalue weighted by Crippen LogP contribution is 2.33. The Labute approximate surface area is 159 Å². The third-order valence-corrected chi connectivity index (χ3v) is 5.44. The van der Waals surface area contributed by atoms with E-state index in [9.17, 15) is 14.9 Å². The van der Waals surface area contributed by atoms with Crippen molar-refractivity contribution >= 4 is 40.4 Å². The number of ether oxygens (including phenoxy) is 1. The van der Waals surface area contributed by atoms with Crippen molar-refractivity contribution < 1.29 is 14.3 Å². The number of halogens is 1. The van der Waals surface area contributed by atoms with Gasteiger partial charge in [-0.3, -0.25) is 9.59 Å². The van der Waals surface area contributed by atoms with Crippen molar-refractivity contribution in [2.75, 3.05) is 5.32 Å². The van der Waals surface area contributed by atoms with Crippen LogP contribution < -0.4 is 5.32 Å². The molecule has 1 heterocycles. The van der Waals surface area contributed by atoms with Crippen molar-refractivity contribution in [2.24, 2.45) is 5.92 Å². The molecule has 2 atom stereocenters. The van der Waals surface area contributed by atoms with Crippen molar-refractivity contribution in [3.8, 4) is 17.3 Å². The van der Waals surface area contributed by atoms with Crippen LogP contribution in [0.15, 0.2) is 24.3 Å². The average Bonchev–Trinajstić information content (AvgIpc) is 3.05. The normalized spacial score (nSPS) is 19.4. The number of rotatable bonds is 5. The average molecular weight is 390 g/mol. The monoisotopic (exact) mass is 389 g/mol. The van der Waals surface area contributed by atoms with E-state index in [4.69, 9.17) is 16.3 Å². The second kappa shape index (κ2) is 8.30. The van der Waals surface area contributed by atoms with Crippen LogP contribution in [-0.4, -0.2) is 23.5 Å². The van der Waals surface area contributed by atoms with E-state index in [-0.39, 0.29) is 5.91 Å². The van der Waals surface area contributed by atoms with Crippen molar-refractivity contribution in [1.82, 2.24) is 4.98 Å².